The van der Waals surface area contributed by atoms with Crippen molar-refractivity contribution in [3.8, 4) is 0 Å². The van der Waals surface area contributed by atoms with Crippen molar-refractivity contribution in [2.45, 2.75) is 32.3 Å². The van der Waals surface area contributed by atoms with Gasteiger partial charge < -0.3 is 5.11 Å². The summed E-state index contributed by atoms with van der Waals surface area (Å²) in [6.07, 6.45) is -0.538. The van der Waals surface area contributed by atoms with E-state index in [1.165, 1.54) is 5.56 Å². The van der Waals surface area contributed by atoms with Crippen molar-refractivity contribution in [1.29, 1.82) is 0 Å². The van der Waals surface area contributed by atoms with Crippen LogP contribution in [-0.2, 0) is 5.41 Å². The molecule has 0 aromatic heterocycles. The van der Waals surface area contributed by atoms with Gasteiger partial charge in [-0.15, -0.1) is 0 Å². The molecule has 4 N–H and O–H groups in total. The first-order valence-corrected chi connectivity index (χ1v) is 5.17. The van der Waals surface area contributed by atoms with Gasteiger partial charge in [0.2, 0.25) is 0 Å². The number of hydrogen-bond acceptors (Lipinski definition) is 3. The lowest BCUT2D eigenvalue weighted by atomic mass is 9.86. The lowest BCUT2D eigenvalue weighted by molar-refractivity contribution is 0.175. The molecule has 0 bridgehead atoms. The highest BCUT2D eigenvalue weighted by atomic mass is 16.3. The Bertz CT molecular complexity index is 300. The summed E-state index contributed by atoms with van der Waals surface area (Å²) in [5.74, 6) is 5.16. The van der Waals surface area contributed by atoms with Crippen LogP contribution in [0, 0.1) is 0 Å². The van der Waals surface area contributed by atoms with Gasteiger partial charge in [0.05, 0.1) is 6.10 Å². The van der Waals surface area contributed by atoms with Crippen LogP contribution in [0.1, 0.15) is 38.0 Å². The van der Waals surface area contributed by atoms with Crippen molar-refractivity contribution in [2.75, 3.05) is 6.54 Å². The van der Waals surface area contributed by atoms with Crippen molar-refractivity contribution in [1.82, 2.24) is 5.43 Å². The molecule has 0 saturated carbocycles. The van der Waals surface area contributed by atoms with Crippen LogP contribution in [0.4, 0.5) is 0 Å². The van der Waals surface area contributed by atoms with Gasteiger partial charge in [0.15, 0.2) is 0 Å². The molecule has 0 aliphatic heterocycles. The number of hydrazine groups is 1. The molecule has 3 heteroatoms. The van der Waals surface area contributed by atoms with Crippen molar-refractivity contribution < 1.29 is 5.11 Å². The van der Waals surface area contributed by atoms with Gasteiger partial charge in [-0.2, -0.15) is 0 Å². The third-order valence-corrected chi connectivity index (χ3v) is 2.47. The Hall–Kier alpha value is -0.900. The summed E-state index contributed by atoms with van der Waals surface area (Å²) < 4.78 is 0. The minimum Gasteiger partial charge on any atom is -0.387 e. The molecule has 1 atom stereocenters. The lowest BCUT2D eigenvalue weighted by Crippen LogP contribution is -2.27. The van der Waals surface area contributed by atoms with E-state index in [-0.39, 0.29) is 5.41 Å². The normalized spacial score (nSPS) is 13.9. The molecule has 0 fully saturated rings. The number of aliphatic hydroxyl groups is 1. The Morgan fingerprint density at radius 3 is 2.20 bits per heavy atom. The van der Waals surface area contributed by atoms with Gasteiger partial charge in [0.25, 0.3) is 0 Å². The second-order valence-electron chi connectivity index (χ2n) is 4.80. The maximum atomic E-state index is 9.67. The maximum Gasteiger partial charge on any atom is 0.0928 e. The Balaban J connectivity index is 2.81. The number of aliphatic hydroxyl groups excluding tert-OH is 1. The minimum atomic E-state index is -0.538. The Morgan fingerprint density at radius 2 is 1.80 bits per heavy atom. The van der Waals surface area contributed by atoms with Crippen molar-refractivity contribution in [3.63, 3.8) is 0 Å². The van der Waals surface area contributed by atoms with E-state index in [9.17, 15) is 5.11 Å². The second-order valence-corrected chi connectivity index (χ2v) is 4.80. The molecular formula is C12H20N2O. The molecule has 3 nitrogen and oxygen atoms in total. The lowest BCUT2D eigenvalue weighted by Gasteiger charge is -2.20. The Labute approximate surface area is 91.3 Å². The molecule has 1 aromatic carbocycles. The average molecular weight is 208 g/mol. The summed E-state index contributed by atoms with van der Waals surface area (Å²) in [4.78, 5) is 0. The maximum absolute atomic E-state index is 9.67. The smallest absolute Gasteiger partial charge is 0.0928 e. The zero-order valence-corrected chi connectivity index (χ0v) is 9.62. The second kappa shape index (κ2) is 4.75. The first kappa shape index (κ1) is 12.2. The van der Waals surface area contributed by atoms with Crippen LogP contribution in [0.2, 0.25) is 0 Å². The third kappa shape index (κ3) is 3.30. The van der Waals surface area contributed by atoms with E-state index in [2.05, 4.69) is 38.3 Å². The number of benzene rings is 1. The molecule has 0 saturated heterocycles. The Morgan fingerprint density at radius 1 is 1.27 bits per heavy atom. The fraction of sp³-hybridized carbons (Fsp3) is 0.500. The summed E-state index contributed by atoms with van der Waals surface area (Å²) in [7, 11) is 0. The largest absolute Gasteiger partial charge is 0.387 e. The quantitative estimate of drug-likeness (QED) is 0.521. The predicted octanol–water partition coefficient (Wildman–Crippen LogP) is 1.48. The highest BCUT2D eigenvalue weighted by molar-refractivity contribution is 5.28. The molecule has 0 radical (unpaired) electrons. The molecule has 0 amide bonds. The van der Waals surface area contributed by atoms with Crippen LogP contribution in [0.15, 0.2) is 24.3 Å². The molecule has 1 aromatic rings. The van der Waals surface area contributed by atoms with Crippen LogP contribution in [0.25, 0.3) is 0 Å². The predicted molar refractivity (Wildman–Crippen MR) is 62.3 cm³/mol. The van der Waals surface area contributed by atoms with Crippen LogP contribution in [-0.4, -0.2) is 11.7 Å². The molecule has 0 aliphatic carbocycles. The zero-order chi connectivity index (χ0) is 11.5. The van der Waals surface area contributed by atoms with Gasteiger partial charge in [-0.05, 0) is 16.5 Å². The summed E-state index contributed by atoms with van der Waals surface area (Å²) in [5, 5.41) is 9.67. The summed E-state index contributed by atoms with van der Waals surface area (Å²) >= 11 is 0. The molecule has 15 heavy (non-hydrogen) atoms. The standard InChI is InChI=1S/C12H20N2O/c1-12(2,3)10-6-4-9(5-7-10)11(15)8-14-13/h4-7,11,14-15H,8,13H2,1-3H3. The highest BCUT2D eigenvalue weighted by Gasteiger charge is 2.14. The molecule has 0 spiro atoms. The van der Waals surface area contributed by atoms with Gasteiger partial charge in [-0.25, -0.2) is 0 Å². The van der Waals surface area contributed by atoms with Crippen LogP contribution in [0.3, 0.4) is 0 Å². The van der Waals surface area contributed by atoms with Gasteiger partial charge in [-0.3, -0.25) is 11.3 Å². The molecule has 1 rings (SSSR count). The summed E-state index contributed by atoms with van der Waals surface area (Å²) in [5.41, 5.74) is 4.76. The molecular weight excluding hydrogens is 188 g/mol. The molecule has 0 heterocycles. The number of hydrogen-bond donors (Lipinski definition) is 3. The first-order valence-electron chi connectivity index (χ1n) is 5.17. The van der Waals surface area contributed by atoms with Crippen LogP contribution in [0.5, 0.6) is 0 Å². The monoisotopic (exact) mass is 208 g/mol. The van der Waals surface area contributed by atoms with E-state index in [0.717, 1.165) is 5.56 Å². The fourth-order valence-corrected chi connectivity index (χ4v) is 1.43. The van der Waals surface area contributed by atoms with E-state index < -0.39 is 6.10 Å². The topological polar surface area (TPSA) is 58.3 Å². The third-order valence-electron chi connectivity index (χ3n) is 2.47. The van der Waals surface area contributed by atoms with Gasteiger partial charge in [0, 0.05) is 6.54 Å². The summed E-state index contributed by atoms with van der Waals surface area (Å²) in [6.45, 7) is 6.87. The number of nitrogens with two attached hydrogens (primary N) is 1. The van der Waals surface area contributed by atoms with Gasteiger partial charge in [-0.1, -0.05) is 45.0 Å². The SMILES string of the molecule is CC(C)(C)c1ccc(C(O)CNN)cc1. The summed E-state index contributed by atoms with van der Waals surface area (Å²) in [6, 6.07) is 8.00. The van der Waals surface area contributed by atoms with E-state index in [4.69, 9.17) is 5.84 Å². The van der Waals surface area contributed by atoms with Crippen LogP contribution < -0.4 is 11.3 Å². The van der Waals surface area contributed by atoms with E-state index in [0.29, 0.717) is 6.54 Å². The first-order chi connectivity index (χ1) is 6.95. The van der Waals surface area contributed by atoms with Crippen molar-refractivity contribution in [2.24, 2.45) is 5.84 Å². The van der Waals surface area contributed by atoms with E-state index >= 15 is 0 Å². The molecule has 84 valence electrons. The van der Waals surface area contributed by atoms with E-state index in [1.807, 2.05) is 12.1 Å². The average Bonchev–Trinajstić information content (AvgIpc) is 2.17. The molecule has 0 aliphatic rings. The van der Waals surface area contributed by atoms with Gasteiger partial charge in [0.1, 0.15) is 0 Å². The fourth-order valence-electron chi connectivity index (χ4n) is 1.43. The minimum absolute atomic E-state index is 0.148. The molecule has 1 unspecified atom stereocenters. The number of nitrogens with one attached hydrogen (secondary N) is 1. The van der Waals surface area contributed by atoms with Crippen molar-refractivity contribution in [3.05, 3.63) is 35.4 Å². The van der Waals surface area contributed by atoms with Crippen LogP contribution >= 0.6 is 0 Å². The van der Waals surface area contributed by atoms with Gasteiger partial charge >= 0.3 is 0 Å². The van der Waals surface area contributed by atoms with Crippen molar-refractivity contribution >= 4 is 0 Å². The van der Waals surface area contributed by atoms with E-state index in [1.54, 1.807) is 0 Å². The highest BCUT2D eigenvalue weighted by Crippen LogP contribution is 2.23. The zero-order valence-electron chi connectivity index (χ0n) is 9.62. The number of rotatable bonds is 3. The Kier molecular flexibility index (Phi) is 3.85.